The molecule has 1 aliphatic rings. The van der Waals surface area contributed by atoms with E-state index in [2.05, 4.69) is 0 Å². The summed E-state index contributed by atoms with van der Waals surface area (Å²) in [6.07, 6.45) is 2.18. The molecule has 0 unspecified atom stereocenters. The molecule has 0 atom stereocenters. The summed E-state index contributed by atoms with van der Waals surface area (Å²) in [7, 11) is 0. The van der Waals surface area contributed by atoms with E-state index in [1.165, 1.54) is 0 Å². The van der Waals surface area contributed by atoms with E-state index in [0.717, 1.165) is 24.8 Å². The van der Waals surface area contributed by atoms with Crippen LogP contribution < -0.4 is 0 Å². The standard InChI is InChI=1S/C13H14ClFO2/c1-2-8-5-9(12(15)10(14)6-8)13(3-4-13)7-11(16)17/h5-6H,2-4,7H2,1H3,(H,16,17). The molecule has 0 spiro atoms. The molecule has 2 rings (SSSR count). The second kappa shape index (κ2) is 4.30. The molecule has 4 heteroatoms. The molecule has 0 bridgehead atoms. The number of carbonyl (C=O) groups is 1. The summed E-state index contributed by atoms with van der Waals surface area (Å²) < 4.78 is 14.0. The van der Waals surface area contributed by atoms with E-state index >= 15 is 0 Å². The number of benzene rings is 1. The quantitative estimate of drug-likeness (QED) is 0.895. The van der Waals surface area contributed by atoms with Crippen LogP contribution in [0.4, 0.5) is 4.39 Å². The number of hydrogen-bond donors (Lipinski definition) is 1. The van der Waals surface area contributed by atoms with Crippen LogP contribution in [0.15, 0.2) is 12.1 Å². The van der Waals surface area contributed by atoms with Gasteiger partial charge in [-0.15, -0.1) is 0 Å². The fraction of sp³-hybridized carbons (Fsp3) is 0.462. The Kier molecular flexibility index (Phi) is 3.13. The van der Waals surface area contributed by atoms with Gasteiger partial charge in [0.25, 0.3) is 0 Å². The smallest absolute Gasteiger partial charge is 0.304 e. The van der Waals surface area contributed by atoms with Crippen molar-refractivity contribution in [2.45, 2.75) is 38.0 Å². The molecule has 1 aliphatic carbocycles. The van der Waals surface area contributed by atoms with Crippen LogP contribution in [0.2, 0.25) is 5.02 Å². The highest BCUT2D eigenvalue weighted by Crippen LogP contribution is 2.52. The van der Waals surface area contributed by atoms with Crippen LogP contribution in [-0.4, -0.2) is 11.1 Å². The van der Waals surface area contributed by atoms with Gasteiger partial charge in [0, 0.05) is 5.41 Å². The van der Waals surface area contributed by atoms with E-state index in [0.29, 0.717) is 5.56 Å². The maximum atomic E-state index is 14.0. The number of rotatable bonds is 4. The third-order valence-electron chi connectivity index (χ3n) is 3.41. The Labute approximate surface area is 104 Å². The van der Waals surface area contributed by atoms with Gasteiger partial charge in [-0.2, -0.15) is 0 Å². The topological polar surface area (TPSA) is 37.3 Å². The minimum absolute atomic E-state index is 0.0204. The molecule has 1 fully saturated rings. The summed E-state index contributed by atoms with van der Waals surface area (Å²) in [5, 5.41) is 8.98. The van der Waals surface area contributed by atoms with Crippen molar-refractivity contribution in [3.63, 3.8) is 0 Å². The van der Waals surface area contributed by atoms with Crippen LogP contribution in [0.3, 0.4) is 0 Å². The first-order valence-corrected chi connectivity index (χ1v) is 6.06. The monoisotopic (exact) mass is 256 g/mol. The highest BCUT2D eigenvalue weighted by Gasteiger charge is 2.48. The zero-order valence-corrected chi connectivity index (χ0v) is 10.4. The Hall–Kier alpha value is -1.09. The number of hydrogen-bond acceptors (Lipinski definition) is 1. The number of aliphatic carboxylic acids is 1. The van der Waals surface area contributed by atoms with Gasteiger partial charge >= 0.3 is 5.97 Å². The maximum Gasteiger partial charge on any atom is 0.304 e. The maximum absolute atomic E-state index is 14.0. The van der Waals surface area contributed by atoms with Crippen molar-refractivity contribution in [1.82, 2.24) is 0 Å². The Morgan fingerprint density at radius 2 is 2.18 bits per heavy atom. The summed E-state index contributed by atoms with van der Waals surface area (Å²) in [6, 6.07) is 3.37. The fourth-order valence-electron chi connectivity index (χ4n) is 2.22. The summed E-state index contributed by atoms with van der Waals surface area (Å²) in [6.45, 7) is 1.96. The molecule has 92 valence electrons. The molecule has 0 amide bonds. The summed E-state index contributed by atoms with van der Waals surface area (Å²) in [5.74, 6) is -1.34. The number of halogens is 2. The lowest BCUT2D eigenvalue weighted by Crippen LogP contribution is -2.15. The van der Waals surface area contributed by atoms with Crippen LogP contribution in [-0.2, 0) is 16.6 Å². The van der Waals surface area contributed by atoms with Crippen LogP contribution in [0.1, 0.15) is 37.3 Å². The zero-order chi connectivity index (χ0) is 12.6. The van der Waals surface area contributed by atoms with E-state index in [1.54, 1.807) is 12.1 Å². The second-order valence-electron chi connectivity index (χ2n) is 4.64. The summed E-state index contributed by atoms with van der Waals surface area (Å²) >= 11 is 5.85. The fourth-order valence-corrected chi connectivity index (χ4v) is 2.46. The Morgan fingerprint density at radius 1 is 1.53 bits per heavy atom. The van der Waals surface area contributed by atoms with Crippen molar-refractivity contribution >= 4 is 17.6 Å². The van der Waals surface area contributed by atoms with Crippen molar-refractivity contribution in [3.05, 3.63) is 34.1 Å². The van der Waals surface area contributed by atoms with Crippen molar-refractivity contribution in [2.75, 3.05) is 0 Å². The predicted octanol–water partition coefficient (Wildman–Crippen LogP) is 3.55. The zero-order valence-electron chi connectivity index (χ0n) is 9.59. The number of aryl methyl sites for hydroxylation is 1. The molecular weight excluding hydrogens is 243 g/mol. The number of carboxylic acids is 1. The van der Waals surface area contributed by atoms with Gasteiger partial charge < -0.3 is 5.11 Å². The first kappa shape index (κ1) is 12.4. The van der Waals surface area contributed by atoms with Gasteiger partial charge in [-0.05, 0) is 36.5 Å². The Balaban J connectivity index is 2.44. The van der Waals surface area contributed by atoms with Crippen molar-refractivity contribution in [3.8, 4) is 0 Å². The largest absolute Gasteiger partial charge is 0.481 e. The molecule has 0 aromatic heterocycles. The predicted molar refractivity (Wildman–Crippen MR) is 64.0 cm³/mol. The average molecular weight is 257 g/mol. The van der Waals surface area contributed by atoms with Gasteiger partial charge in [-0.3, -0.25) is 4.79 Å². The molecule has 1 saturated carbocycles. The third kappa shape index (κ3) is 2.29. The van der Waals surface area contributed by atoms with Crippen molar-refractivity contribution < 1.29 is 14.3 Å². The second-order valence-corrected chi connectivity index (χ2v) is 5.05. The molecule has 1 N–H and O–H groups in total. The molecule has 0 saturated heterocycles. The third-order valence-corrected chi connectivity index (χ3v) is 3.69. The molecule has 1 aromatic carbocycles. The van der Waals surface area contributed by atoms with E-state index in [9.17, 15) is 9.18 Å². The molecular formula is C13H14ClFO2. The van der Waals surface area contributed by atoms with E-state index in [1.807, 2.05) is 6.92 Å². The highest BCUT2D eigenvalue weighted by molar-refractivity contribution is 6.30. The van der Waals surface area contributed by atoms with Crippen molar-refractivity contribution in [2.24, 2.45) is 0 Å². The van der Waals surface area contributed by atoms with Crippen LogP contribution in [0.25, 0.3) is 0 Å². The van der Waals surface area contributed by atoms with Crippen LogP contribution >= 0.6 is 11.6 Å². The lowest BCUT2D eigenvalue weighted by atomic mass is 9.90. The SMILES string of the molecule is CCc1cc(Cl)c(F)c(C2(CC(=O)O)CC2)c1. The number of carboxylic acid groups (broad SMARTS) is 1. The summed E-state index contributed by atoms with van der Waals surface area (Å²) in [5.41, 5.74) is 0.900. The van der Waals surface area contributed by atoms with Gasteiger partial charge in [-0.1, -0.05) is 24.6 Å². The van der Waals surface area contributed by atoms with Crippen LogP contribution in [0, 0.1) is 5.82 Å². The highest BCUT2D eigenvalue weighted by atomic mass is 35.5. The lowest BCUT2D eigenvalue weighted by Gasteiger charge is -2.16. The first-order valence-electron chi connectivity index (χ1n) is 5.69. The molecule has 0 aliphatic heterocycles. The van der Waals surface area contributed by atoms with Gasteiger partial charge in [0.05, 0.1) is 11.4 Å². The van der Waals surface area contributed by atoms with Crippen LogP contribution in [0.5, 0.6) is 0 Å². The molecule has 2 nitrogen and oxygen atoms in total. The molecule has 0 heterocycles. The van der Waals surface area contributed by atoms with E-state index in [4.69, 9.17) is 16.7 Å². The molecule has 1 aromatic rings. The molecule has 0 radical (unpaired) electrons. The Bertz CT molecular complexity index is 467. The molecule has 17 heavy (non-hydrogen) atoms. The lowest BCUT2D eigenvalue weighted by molar-refractivity contribution is -0.137. The first-order chi connectivity index (χ1) is 7.98. The average Bonchev–Trinajstić information content (AvgIpc) is 3.01. The minimum Gasteiger partial charge on any atom is -0.481 e. The minimum atomic E-state index is -0.889. The van der Waals surface area contributed by atoms with E-state index in [-0.39, 0.29) is 11.4 Å². The van der Waals surface area contributed by atoms with Gasteiger partial charge in [0.2, 0.25) is 0 Å². The van der Waals surface area contributed by atoms with E-state index < -0.39 is 17.2 Å². The summed E-state index contributed by atoms with van der Waals surface area (Å²) in [4.78, 5) is 10.8. The van der Waals surface area contributed by atoms with Gasteiger partial charge in [-0.25, -0.2) is 4.39 Å². The van der Waals surface area contributed by atoms with Crippen molar-refractivity contribution in [1.29, 1.82) is 0 Å². The van der Waals surface area contributed by atoms with Gasteiger partial charge in [0.15, 0.2) is 0 Å². The Morgan fingerprint density at radius 3 is 2.65 bits per heavy atom. The van der Waals surface area contributed by atoms with Gasteiger partial charge in [0.1, 0.15) is 5.82 Å². The normalized spacial score (nSPS) is 16.9.